The van der Waals surface area contributed by atoms with E-state index in [1.54, 1.807) is 50.5 Å². The number of carbonyl (C=O) groups is 6. The number of Topliss-reactive ketones (excluding diaryl/α,β-unsaturated/α-hetero) is 2. The zero-order valence-corrected chi connectivity index (χ0v) is 55.2. The van der Waals surface area contributed by atoms with Gasteiger partial charge in [0.25, 0.3) is 0 Å². The molecule has 6 heterocycles. The van der Waals surface area contributed by atoms with Crippen molar-refractivity contribution in [3.63, 3.8) is 0 Å². The molecule has 0 bridgehead atoms. The van der Waals surface area contributed by atoms with Crippen LogP contribution in [0.2, 0.25) is 0 Å². The molecule has 5 fully saturated rings. The fourth-order valence-corrected chi connectivity index (χ4v) is 17.0. The Hall–Kier alpha value is -7.63. The minimum absolute atomic E-state index is 0.0619. The molecule has 2 aromatic carbocycles. The number of pyridine rings is 2. The smallest absolute Gasteiger partial charge is 0.310 e. The largest absolute Gasteiger partial charge is 0.496 e. The molecule has 2 aliphatic heterocycles. The van der Waals surface area contributed by atoms with Gasteiger partial charge in [-0.15, -0.1) is 22.7 Å². The topological polar surface area (TPSA) is 264 Å². The van der Waals surface area contributed by atoms with E-state index in [1.807, 2.05) is 85.3 Å². The minimum atomic E-state index is -3.78. The molecule has 0 radical (unpaired) electrons. The number of aromatic nitrogens is 4. The lowest BCUT2D eigenvalue weighted by atomic mass is 9.84. The van der Waals surface area contributed by atoms with Crippen LogP contribution in [0.15, 0.2) is 83.9 Å². The monoisotopic (exact) mass is 1310 g/mol. The number of fused-ring (bicyclic) bond motifs is 6. The van der Waals surface area contributed by atoms with Crippen LogP contribution in [0, 0.1) is 60.2 Å². The number of aryl methyl sites for hydroxylation is 2. The van der Waals surface area contributed by atoms with Gasteiger partial charge in [0.05, 0.1) is 53.2 Å². The van der Waals surface area contributed by atoms with Crippen molar-refractivity contribution in [3.05, 3.63) is 95.0 Å². The van der Waals surface area contributed by atoms with Crippen molar-refractivity contribution in [2.75, 3.05) is 41.4 Å². The fourth-order valence-electron chi connectivity index (χ4n) is 14.5. The van der Waals surface area contributed by atoms with Crippen molar-refractivity contribution >= 4 is 89.8 Å². The number of ketones is 2. The van der Waals surface area contributed by atoms with Crippen molar-refractivity contribution in [3.8, 4) is 44.4 Å². The molecular weight excluding hydrogens is 1230 g/mol. The van der Waals surface area contributed by atoms with Gasteiger partial charge in [-0.25, -0.2) is 28.4 Å². The Labute approximate surface area is 543 Å². The van der Waals surface area contributed by atoms with E-state index in [2.05, 4.69) is 14.7 Å². The second kappa shape index (κ2) is 26.4. The predicted octanol–water partition coefficient (Wildman–Crippen LogP) is 10.9. The normalized spacial score (nSPS) is 28.5. The Morgan fingerprint density at radius 1 is 0.630 bits per heavy atom. The van der Waals surface area contributed by atoms with E-state index in [-0.39, 0.29) is 48.1 Å². The summed E-state index contributed by atoms with van der Waals surface area (Å²) in [7, 11) is 3.03. The number of carboxylic acid groups (broad SMARTS) is 1. The first-order chi connectivity index (χ1) is 44.2. The second-order valence-corrected chi connectivity index (χ2v) is 29.9. The standard InChI is InChI=1S/C36H42N4O7S2.C33H37N3O6S/c1-21-30(46-3)12-11-25-31(18-28(38-32(21)25)33-37-13-15-48-33)47-23-16-26-27(17-23)34(42)40(2)14-7-5-4-6-8-22-19-36(22,20-29(26)41)35(43)39-49(44,45)24-9-10-24;1-19-27(41-3)10-9-22-28(16-25(35-29(19)22)30-34-11-13-43-30)42-21-14-23-24(15-21)31(38)36(2)12-7-5-4-6-8-20-17-33(20,32(39)40)18-26(23)37/h6,8,11-13,15,18,22-24,26-27H,4-5,7,9-10,14,16-17,19-20H2,1-3H3,(H,39,43);6,8-11,13,16,20-21,23-24H,4-5,7,12,14-15,17-18H2,1-3H3,(H,39,40)/b2*8-6-/t22-,23-,26-,27-,36-;20-,21-,23-,24-,33-/m11/s1. The molecule has 5 aliphatic carbocycles. The number of hydrogen-bond donors (Lipinski definition) is 2. The number of rotatable bonds is 12. The number of ether oxygens (including phenoxy) is 4. The number of amides is 3. The Kier molecular flexibility index (Phi) is 18.5. The molecule has 10 atom stereocenters. The highest BCUT2D eigenvalue weighted by molar-refractivity contribution is 7.91. The van der Waals surface area contributed by atoms with Crippen LogP contribution in [0.4, 0.5) is 0 Å². The molecule has 0 unspecified atom stereocenters. The van der Waals surface area contributed by atoms with Crippen LogP contribution in [-0.4, -0.2) is 137 Å². The first-order valence-electron chi connectivity index (χ1n) is 32.0. The number of nitrogens with zero attached hydrogens (tertiary/aromatic N) is 6. The summed E-state index contributed by atoms with van der Waals surface area (Å²) in [5, 5.41) is 16.4. The molecule has 5 saturated carbocycles. The van der Waals surface area contributed by atoms with Crippen molar-refractivity contribution in [2.45, 2.75) is 134 Å². The van der Waals surface area contributed by atoms with Crippen molar-refractivity contribution in [1.82, 2.24) is 34.5 Å². The van der Waals surface area contributed by atoms with Crippen LogP contribution in [0.1, 0.15) is 114 Å². The van der Waals surface area contributed by atoms with E-state index < -0.39 is 73.9 Å². The molecule has 92 heavy (non-hydrogen) atoms. The van der Waals surface area contributed by atoms with E-state index in [1.165, 1.54) is 22.7 Å². The Bertz CT molecular complexity index is 4020. The summed E-state index contributed by atoms with van der Waals surface area (Å²) in [5.41, 5.74) is 2.30. The predicted molar refractivity (Wildman–Crippen MR) is 349 cm³/mol. The molecule has 23 heteroatoms. The summed E-state index contributed by atoms with van der Waals surface area (Å²) >= 11 is 2.95. The zero-order chi connectivity index (χ0) is 64.8. The summed E-state index contributed by atoms with van der Waals surface area (Å²) in [6.07, 6.45) is 18.8. The van der Waals surface area contributed by atoms with Crippen LogP contribution in [0.3, 0.4) is 0 Å². The van der Waals surface area contributed by atoms with E-state index >= 15 is 0 Å². The summed E-state index contributed by atoms with van der Waals surface area (Å²) in [6, 6.07) is 11.3. The molecule has 4 aromatic heterocycles. The average Bonchev–Trinajstić information content (AvgIpc) is 1.55. The van der Waals surface area contributed by atoms with Gasteiger partial charge in [-0.3, -0.25) is 33.5 Å². The van der Waals surface area contributed by atoms with Gasteiger partial charge >= 0.3 is 5.97 Å². The number of benzene rings is 2. The number of carbonyl (C=O) groups excluding carboxylic acids is 5. The quantitative estimate of drug-likeness (QED) is 0.108. The zero-order valence-electron chi connectivity index (χ0n) is 52.8. The average molecular weight is 1310 g/mol. The first kappa shape index (κ1) is 64.5. The van der Waals surface area contributed by atoms with Gasteiger partial charge < -0.3 is 33.9 Å². The molecule has 7 aliphatic rings. The summed E-state index contributed by atoms with van der Waals surface area (Å²) in [6.45, 7) is 5.09. The molecule has 13 rings (SSSR count). The van der Waals surface area contributed by atoms with Crippen LogP contribution in [0.5, 0.6) is 23.0 Å². The van der Waals surface area contributed by atoms with E-state index in [9.17, 15) is 42.3 Å². The van der Waals surface area contributed by atoms with Gasteiger partial charge in [0.2, 0.25) is 27.7 Å². The lowest BCUT2D eigenvalue weighted by Crippen LogP contribution is -2.42. The first-order valence-corrected chi connectivity index (χ1v) is 35.3. The van der Waals surface area contributed by atoms with E-state index in [4.69, 9.17) is 28.9 Å². The van der Waals surface area contributed by atoms with Crippen LogP contribution < -0.4 is 23.7 Å². The molecule has 20 nitrogen and oxygen atoms in total. The maximum atomic E-state index is 14.3. The van der Waals surface area contributed by atoms with Crippen LogP contribution in [-0.2, 0) is 38.8 Å². The number of allylic oxidation sites excluding steroid dienone is 4. The summed E-state index contributed by atoms with van der Waals surface area (Å²) in [5.74, 6) is -2.30. The van der Waals surface area contributed by atoms with Gasteiger partial charge in [0.15, 0.2) is 0 Å². The van der Waals surface area contributed by atoms with Gasteiger partial charge in [0, 0.05) is 109 Å². The number of sulfonamides is 1. The Balaban J connectivity index is 0.000000179. The SMILES string of the molecule is COc1ccc2c(O[C@@H]3C[C@H]4C(=O)C[C@]5(C(=O)NS(=O)(=O)C6CC6)C[C@H]5/C=C\CCCCN(C)C(=O)[C@@H]4C3)cc(-c3nccs3)nc2c1C.COc1ccc2c(O[C@@H]3C[C@H]4C(=O)C[C@]5(C(=O)O)C[C@H]5/C=C\CCCCN(C)C(=O)[C@@H]4C3)cc(-c3nccs3)nc2c1C. The number of carboxylic acids is 1. The Morgan fingerprint density at radius 2 is 1.08 bits per heavy atom. The van der Waals surface area contributed by atoms with Crippen molar-refractivity contribution < 1.29 is 61.2 Å². The van der Waals surface area contributed by atoms with E-state index in [0.717, 1.165) is 76.0 Å². The lowest BCUT2D eigenvalue weighted by molar-refractivity contribution is -0.147. The van der Waals surface area contributed by atoms with Gasteiger partial charge in [-0.1, -0.05) is 24.3 Å². The van der Waals surface area contributed by atoms with Gasteiger partial charge in [-0.2, -0.15) is 0 Å². The van der Waals surface area contributed by atoms with Gasteiger partial charge in [0.1, 0.15) is 68.2 Å². The molecule has 486 valence electrons. The van der Waals surface area contributed by atoms with Crippen LogP contribution >= 0.6 is 22.7 Å². The molecule has 0 saturated heterocycles. The third-order valence-electron chi connectivity index (χ3n) is 20.2. The summed E-state index contributed by atoms with van der Waals surface area (Å²) < 4.78 is 52.4. The maximum Gasteiger partial charge on any atom is 0.310 e. The highest BCUT2D eigenvalue weighted by atomic mass is 32.2. The van der Waals surface area contributed by atoms with Gasteiger partial charge in [-0.05, 0) is 140 Å². The number of nitrogens with one attached hydrogen (secondary N) is 1. The Morgan fingerprint density at radius 3 is 1.51 bits per heavy atom. The number of thiazole rings is 2. The third-order valence-corrected chi connectivity index (χ3v) is 23.6. The summed E-state index contributed by atoms with van der Waals surface area (Å²) in [4.78, 5) is 104. The van der Waals surface area contributed by atoms with Crippen molar-refractivity contribution in [1.29, 1.82) is 0 Å². The molecule has 2 N–H and O–H groups in total. The number of methoxy groups -OCH3 is 2. The number of aliphatic carboxylic acids is 1. The second-order valence-electron chi connectivity index (χ2n) is 26.2. The van der Waals surface area contributed by atoms with Crippen molar-refractivity contribution in [2.24, 2.45) is 46.3 Å². The highest BCUT2D eigenvalue weighted by Gasteiger charge is 2.63. The number of hydrogen-bond acceptors (Lipinski definition) is 18. The molecule has 0 spiro atoms. The van der Waals surface area contributed by atoms with Crippen LogP contribution in [0.25, 0.3) is 43.2 Å². The molecular formula is C69H79N7O13S3. The highest BCUT2D eigenvalue weighted by Crippen LogP contribution is 2.59. The third kappa shape index (κ3) is 13.1. The molecule has 3 amide bonds. The lowest BCUT2D eigenvalue weighted by Gasteiger charge is -2.26. The minimum Gasteiger partial charge on any atom is -0.496 e. The maximum absolute atomic E-state index is 14.3. The molecule has 6 aromatic rings. The van der Waals surface area contributed by atoms with E-state index in [0.29, 0.717) is 104 Å². The fraction of sp³-hybridized carbons (Fsp3) is 0.507.